The molecule has 130 valence electrons. The van der Waals surface area contributed by atoms with Crippen LogP contribution in [0.25, 0.3) is 22.2 Å². The van der Waals surface area contributed by atoms with Crippen LogP contribution < -0.4 is 10.3 Å². The summed E-state index contributed by atoms with van der Waals surface area (Å²) in [6, 6.07) is 7.10. The maximum atomic E-state index is 12.8. The Hall–Kier alpha value is -3.09. The van der Waals surface area contributed by atoms with E-state index < -0.39 is 11.7 Å². The highest BCUT2D eigenvalue weighted by Crippen LogP contribution is 2.30. The van der Waals surface area contributed by atoms with Gasteiger partial charge in [0.2, 0.25) is 0 Å². The van der Waals surface area contributed by atoms with Gasteiger partial charge in [0.25, 0.3) is 5.56 Å². The van der Waals surface area contributed by atoms with E-state index in [0.29, 0.717) is 17.0 Å². The maximum Gasteiger partial charge on any atom is 0.419 e. The molecule has 0 saturated carbocycles. The molecule has 0 fully saturated rings. The minimum absolute atomic E-state index is 0.281. The van der Waals surface area contributed by atoms with Gasteiger partial charge in [-0.15, -0.1) is 0 Å². The smallest absolute Gasteiger partial charge is 0.419 e. The Balaban J connectivity index is 2.29. The number of aromatic nitrogens is 3. The number of benzene rings is 1. The van der Waals surface area contributed by atoms with Crippen molar-refractivity contribution < 1.29 is 14.3 Å². The number of nitrogens with one attached hydrogen (secondary N) is 1. The van der Waals surface area contributed by atoms with Crippen LogP contribution in [-0.4, -0.2) is 33.3 Å². The van der Waals surface area contributed by atoms with Gasteiger partial charge in [0.15, 0.2) is 0 Å². The van der Waals surface area contributed by atoms with E-state index in [1.165, 1.54) is 17.1 Å². The second-order valence-electron chi connectivity index (χ2n) is 6.56. The molecule has 0 aliphatic heterocycles. The molecule has 7 heteroatoms. The molecule has 0 spiro atoms. The molecule has 0 saturated heterocycles. The molecule has 25 heavy (non-hydrogen) atoms. The third kappa shape index (κ3) is 3.26. The second kappa shape index (κ2) is 6.08. The van der Waals surface area contributed by atoms with Crippen molar-refractivity contribution in [2.45, 2.75) is 26.4 Å². The fourth-order valence-corrected chi connectivity index (χ4v) is 2.54. The van der Waals surface area contributed by atoms with E-state index in [9.17, 15) is 9.59 Å². The molecule has 2 aromatic heterocycles. The molecule has 2 heterocycles. The number of hydrogen-bond donors (Lipinski definition) is 1. The second-order valence-corrected chi connectivity index (χ2v) is 6.56. The van der Waals surface area contributed by atoms with E-state index in [2.05, 4.69) is 9.97 Å². The summed E-state index contributed by atoms with van der Waals surface area (Å²) in [4.78, 5) is 31.5. The van der Waals surface area contributed by atoms with E-state index in [1.807, 2.05) is 6.07 Å². The highest BCUT2D eigenvalue weighted by atomic mass is 16.6. The van der Waals surface area contributed by atoms with Gasteiger partial charge in [-0.25, -0.2) is 14.3 Å². The van der Waals surface area contributed by atoms with Crippen molar-refractivity contribution in [2.75, 3.05) is 7.11 Å². The summed E-state index contributed by atoms with van der Waals surface area (Å²) in [6.07, 6.45) is 2.15. The average Bonchev–Trinajstić information content (AvgIpc) is 2.91. The molecule has 1 N–H and O–H groups in total. The summed E-state index contributed by atoms with van der Waals surface area (Å²) >= 11 is 0. The maximum absolute atomic E-state index is 12.8. The van der Waals surface area contributed by atoms with Crippen molar-refractivity contribution in [3.63, 3.8) is 0 Å². The molecule has 0 bridgehead atoms. The fourth-order valence-electron chi connectivity index (χ4n) is 2.54. The van der Waals surface area contributed by atoms with Crippen LogP contribution in [0, 0.1) is 0 Å². The zero-order chi connectivity index (χ0) is 18.2. The Bertz CT molecular complexity index is 995. The van der Waals surface area contributed by atoms with Gasteiger partial charge in [-0.3, -0.25) is 4.79 Å². The first-order chi connectivity index (χ1) is 11.8. The lowest BCUT2D eigenvalue weighted by Crippen LogP contribution is -2.28. The quantitative estimate of drug-likeness (QED) is 0.773. The Labute approximate surface area is 144 Å². The number of H-pyrrole nitrogens is 1. The van der Waals surface area contributed by atoms with Crippen molar-refractivity contribution >= 4 is 17.0 Å². The van der Waals surface area contributed by atoms with Crippen molar-refractivity contribution in [1.82, 2.24) is 14.5 Å². The number of methoxy groups -OCH3 is 1. The van der Waals surface area contributed by atoms with Gasteiger partial charge in [0.1, 0.15) is 11.4 Å². The van der Waals surface area contributed by atoms with E-state index in [0.717, 1.165) is 5.39 Å². The molecule has 0 atom stereocenters. The van der Waals surface area contributed by atoms with Gasteiger partial charge in [0, 0.05) is 17.6 Å². The summed E-state index contributed by atoms with van der Waals surface area (Å²) in [5, 5.41) is 0.782. The number of fused-ring (bicyclic) bond motifs is 1. The molecule has 0 unspecified atom stereocenters. The van der Waals surface area contributed by atoms with E-state index in [4.69, 9.17) is 9.47 Å². The summed E-state index contributed by atoms with van der Waals surface area (Å²) in [5.41, 5.74) is 0.266. The lowest BCUT2D eigenvalue weighted by Gasteiger charge is -2.21. The summed E-state index contributed by atoms with van der Waals surface area (Å²) in [6.45, 7) is 5.36. The number of carbonyl (C=O) groups excluding carboxylic acids is 1. The van der Waals surface area contributed by atoms with Crippen LogP contribution in [0.5, 0.6) is 5.75 Å². The molecule has 1 aromatic carbocycles. The molecule has 0 radical (unpaired) electrons. The van der Waals surface area contributed by atoms with Crippen LogP contribution >= 0.6 is 0 Å². The lowest BCUT2D eigenvalue weighted by molar-refractivity contribution is 0.0547. The van der Waals surface area contributed by atoms with Crippen LogP contribution in [0.15, 0.2) is 41.6 Å². The number of ether oxygens (including phenoxy) is 2. The molecule has 3 rings (SSSR count). The number of carbonyl (C=O) groups is 1. The van der Waals surface area contributed by atoms with E-state index in [1.54, 1.807) is 46.1 Å². The molecular formula is C18H19N3O4. The summed E-state index contributed by atoms with van der Waals surface area (Å²) in [5.74, 6) is 0.599. The number of hydrogen-bond acceptors (Lipinski definition) is 5. The highest BCUT2D eigenvalue weighted by molar-refractivity contribution is 5.96. The van der Waals surface area contributed by atoms with Gasteiger partial charge in [-0.2, -0.15) is 0 Å². The zero-order valence-electron chi connectivity index (χ0n) is 14.5. The molecule has 7 nitrogen and oxygen atoms in total. The molecule has 0 aliphatic rings. The zero-order valence-corrected chi connectivity index (χ0v) is 14.5. The Morgan fingerprint density at radius 2 is 2.00 bits per heavy atom. The standard InChI is InChI=1S/C18H19N3O4/c1-18(2,3)25-17(23)21-14-8-12(24-4)6-5-11(14)7-15(21)13-9-19-10-20-16(13)22/h5-10H,1-4H3,(H,19,20,22). The predicted octanol–water partition coefficient (Wildman–Crippen LogP) is 3.18. The van der Waals surface area contributed by atoms with Crippen LogP contribution in [0.2, 0.25) is 0 Å². The lowest BCUT2D eigenvalue weighted by atomic mass is 10.2. The van der Waals surface area contributed by atoms with Crippen molar-refractivity contribution in [1.29, 1.82) is 0 Å². The van der Waals surface area contributed by atoms with Crippen LogP contribution in [0.3, 0.4) is 0 Å². The number of nitrogens with zero attached hydrogens (tertiary/aromatic N) is 2. The first-order valence-electron chi connectivity index (χ1n) is 7.76. The summed E-state index contributed by atoms with van der Waals surface area (Å²) in [7, 11) is 1.55. The first-order valence-corrected chi connectivity index (χ1v) is 7.76. The Morgan fingerprint density at radius 3 is 2.64 bits per heavy atom. The largest absolute Gasteiger partial charge is 0.497 e. The predicted molar refractivity (Wildman–Crippen MR) is 94.0 cm³/mol. The average molecular weight is 341 g/mol. The van der Waals surface area contributed by atoms with Gasteiger partial charge >= 0.3 is 6.09 Å². The molecule has 3 aromatic rings. The first kappa shape index (κ1) is 16.8. The fraction of sp³-hybridized carbons (Fsp3) is 0.278. The number of rotatable bonds is 2. The summed E-state index contributed by atoms with van der Waals surface area (Å²) < 4.78 is 12.1. The topological polar surface area (TPSA) is 86.2 Å². The molecule has 0 aliphatic carbocycles. The van der Waals surface area contributed by atoms with Gasteiger partial charge in [-0.1, -0.05) is 0 Å². The molecular weight excluding hydrogens is 322 g/mol. The van der Waals surface area contributed by atoms with Crippen LogP contribution in [0.4, 0.5) is 4.79 Å². The van der Waals surface area contributed by atoms with Gasteiger partial charge in [-0.05, 0) is 39.0 Å². The third-order valence-electron chi connectivity index (χ3n) is 3.58. The highest BCUT2D eigenvalue weighted by Gasteiger charge is 2.24. The van der Waals surface area contributed by atoms with Crippen LogP contribution in [0.1, 0.15) is 20.8 Å². The monoisotopic (exact) mass is 341 g/mol. The molecule has 0 amide bonds. The van der Waals surface area contributed by atoms with Crippen LogP contribution in [-0.2, 0) is 4.74 Å². The van der Waals surface area contributed by atoms with E-state index >= 15 is 0 Å². The van der Waals surface area contributed by atoms with Crippen molar-refractivity contribution in [3.8, 4) is 17.0 Å². The van der Waals surface area contributed by atoms with Gasteiger partial charge < -0.3 is 14.5 Å². The SMILES string of the molecule is COc1ccc2cc(-c3cnc[nH]c3=O)n(C(=O)OC(C)(C)C)c2c1. The van der Waals surface area contributed by atoms with E-state index in [-0.39, 0.29) is 11.1 Å². The number of aromatic amines is 1. The van der Waals surface area contributed by atoms with Crippen molar-refractivity contribution in [2.24, 2.45) is 0 Å². The normalized spacial score (nSPS) is 11.5. The van der Waals surface area contributed by atoms with Gasteiger partial charge in [0.05, 0.1) is 30.2 Å². The third-order valence-corrected chi connectivity index (χ3v) is 3.58. The Kier molecular flexibility index (Phi) is 4.08. The Morgan fingerprint density at radius 1 is 1.24 bits per heavy atom. The minimum Gasteiger partial charge on any atom is -0.497 e. The van der Waals surface area contributed by atoms with Crippen molar-refractivity contribution in [3.05, 3.63) is 47.1 Å². The minimum atomic E-state index is -0.675.